The first kappa shape index (κ1) is 18.1. The molecular formula is C19H19NO5. The second-order valence-corrected chi connectivity index (χ2v) is 5.20. The van der Waals surface area contributed by atoms with Gasteiger partial charge in [0.05, 0.1) is 14.2 Å². The summed E-state index contributed by atoms with van der Waals surface area (Å²) in [6.45, 7) is 1.80. The zero-order valence-corrected chi connectivity index (χ0v) is 14.2. The Kier molecular flexibility index (Phi) is 5.79. The van der Waals surface area contributed by atoms with E-state index in [-0.39, 0.29) is 5.70 Å². The molecule has 2 rings (SSSR count). The molecule has 0 atom stereocenters. The molecule has 0 aromatic heterocycles. The number of hydrogen-bond acceptors (Lipinski definition) is 4. The molecule has 0 fully saturated rings. The van der Waals surface area contributed by atoms with Crippen LogP contribution in [0.4, 0.5) is 0 Å². The summed E-state index contributed by atoms with van der Waals surface area (Å²) in [5, 5.41) is 11.8. The fourth-order valence-electron chi connectivity index (χ4n) is 2.39. The lowest BCUT2D eigenvalue weighted by molar-refractivity contribution is -0.132. The number of carboxylic acids is 1. The van der Waals surface area contributed by atoms with Crippen LogP contribution in [0.2, 0.25) is 0 Å². The number of carboxylic acid groups (broad SMARTS) is 1. The van der Waals surface area contributed by atoms with Gasteiger partial charge in [0, 0.05) is 16.7 Å². The van der Waals surface area contributed by atoms with Crippen molar-refractivity contribution in [2.24, 2.45) is 0 Å². The minimum atomic E-state index is -1.25. The second-order valence-electron chi connectivity index (χ2n) is 5.20. The van der Waals surface area contributed by atoms with Crippen LogP contribution >= 0.6 is 0 Å². The van der Waals surface area contributed by atoms with Crippen molar-refractivity contribution < 1.29 is 24.2 Å². The zero-order valence-electron chi connectivity index (χ0n) is 14.2. The van der Waals surface area contributed by atoms with E-state index < -0.39 is 11.9 Å². The summed E-state index contributed by atoms with van der Waals surface area (Å²) < 4.78 is 10.6. The number of methoxy groups -OCH3 is 2. The fourth-order valence-corrected chi connectivity index (χ4v) is 2.39. The zero-order chi connectivity index (χ0) is 18.4. The molecule has 130 valence electrons. The van der Waals surface area contributed by atoms with Crippen molar-refractivity contribution in [2.45, 2.75) is 6.92 Å². The van der Waals surface area contributed by atoms with E-state index in [0.717, 1.165) is 5.56 Å². The lowest BCUT2D eigenvalue weighted by Crippen LogP contribution is -2.27. The predicted octanol–water partition coefficient (Wildman–Crippen LogP) is 2.87. The lowest BCUT2D eigenvalue weighted by Gasteiger charge is -2.13. The molecule has 0 unspecified atom stereocenters. The molecule has 0 aliphatic rings. The summed E-state index contributed by atoms with van der Waals surface area (Å²) in [5.74, 6) is -0.649. The average molecular weight is 341 g/mol. The molecule has 1 amide bonds. The molecule has 6 nitrogen and oxygen atoms in total. The number of ether oxygens (including phenoxy) is 2. The van der Waals surface area contributed by atoms with Gasteiger partial charge in [-0.25, -0.2) is 4.79 Å². The molecule has 0 spiro atoms. The minimum absolute atomic E-state index is 0.253. The van der Waals surface area contributed by atoms with E-state index in [1.54, 1.807) is 56.5 Å². The van der Waals surface area contributed by atoms with Gasteiger partial charge in [0.2, 0.25) is 0 Å². The van der Waals surface area contributed by atoms with Crippen LogP contribution in [0.1, 0.15) is 21.5 Å². The third-order valence-electron chi connectivity index (χ3n) is 3.63. The van der Waals surface area contributed by atoms with Gasteiger partial charge in [-0.2, -0.15) is 0 Å². The highest BCUT2D eigenvalue weighted by Gasteiger charge is 2.16. The molecule has 0 heterocycles. The van der Waals surface area contributed by atoms with E-state index in [4.69, 9.17) is 9.47 Å². The van der Waals surface area contributed by atoms with Crippen LogP contribution in [-0.4, -0.2) is 31.2 Å². The molecule has 0 aliphatic heterocycles. The van der Waals surface area contributed by atoms with Crippen LogP contribution < -0.4 is 14.8 Å². The number of carbonyl (C=O) groups is 2. The van der Waals surface area contributed by atoms with Crippen molar-refractivity contribution in [3.63, 3.8) is 0 Å². The Bertz CT molecular complexity index is 812. The van der Waals surface area contributed by atoms with Gasteiger partial charge in [-0.05, 0) is 37.3 Å². The summed E-state index contributed by atoms with van der Waals surface area (Å²) >= 11 is 0. The largest absolute Gasteiger partial charge is 0.496 e. The predicted molar refractivity (Wildman–Crippen MR) is 93.8 cm³/mol. The van der Waals surface area contributed by atoms with E-state index >= 15 is 0 Å². The maximum atomic E-state index is 12.2. The Morgan fingerprint density at radius 3 is 2.28 bits per heavy atom. The summed E-state index contributed by atoms with van der Waals surface area (Å²) in [7, 11) is 3.03. The lowest BCUT2D eigenvalue weighted by atomic mass is 10.1. The first-order valence-electron chi connectivity index (χ1n) is 7.51. The third-order valence-corrected chi connectivity index (χ3v) is 3.63. The highest BCUT2D eigenvalue weighted by molar-refractivity contribution is 6.02. The first-order valence-corrected chi connectivity index (χ1v) is 7.51. The highest BCUT2D eigenvalue weighted by atomic mass is 16.5. The van der Waals surface area contributed by atoms with Crippen molar-refractivity contribution in [3.8, 4) is 11.5 Å². The minimum Gasteiger partial charge on any atom is -0.496 e. The molecule has 0 aliphatic carbocycles. The van der Waals surface area contributed by atoms with Crippen LogP contribution in [0.15, 0.2) is 48.2 Å². The van der Waals surface area contributed by atoms with Crippen LogP contribution in [0.25, 0.3) is 6.08 Å². The molecule has 2 aromatic rings. The van der Waals surface area contributed by atoms with Gasteiger partial charge in [-0.15, -0.1) is 0 Å². The van der Waals surface area contributed by atoms with Crippen LogP contribution in [0.3, 0.4) is 0 Å². The van der Waals surface area contributed by atoms with Crippen molar-refractivity contribution in [1.82, 2.24) is 5.32 Å². The molecule has 25 heavy (non-hydrogen) atoms. The third kappa shape index (κ3) is 4.17. The number of rotatable bonds is 6. The van der Waals surface area contributed by atoms with Gasteiger partial charge in [-0.1, -0.05) is 18.2 Å². The first-order chi connectivity index (χ1) is 12.0. The van der Waals surface area contributed by atoms with E-state index in [9.17, 15) is 14.7 Å². The van der Waals surface area contributed by atoms with Gasteiger partial charge >= 0.3 is 5.97 Å². The SMILES string of the molecule is COc1ccc(C=C(NC(=O)c2ccccc2)C(=O)O)c(OC)c1C. The quantitative estimate of drug-likeness (QED) is 0.789. The maximum absolute atomic E-state index is 12.2. The Morgan fingerprint density at radius 1 is 1.04 bits per heavy atom. The van der Waals surface area contributed by atoms with Crippen LogP contribution in [0, 0.1) is 6.92 Å². The molecule has 6 heteroatoms. The van der Waals surface area contributed by atoms with Gasteiger partial charge in [0.1, 0.15) is 17.2 Å². The van der Waals surface area contributed by atoms with Crippen LogP contribution in [0.5, 0.6) is 11.5 Å². The number of carbonyl (C=O) groups excluding carboxylic acids is 1. The fraction of sp³-hybridized carbons (Fsp3) is 0.158. The van der Waals surface area contributed by atoms with E-state index in [0.29, 0.717) is 22.6 Å². The number of hydrogen-bond donors (Lipinski definition) is 2. The van der Waals surface area contributed by atoms with Gasteiger partial charge in [-0.3, -0.25) is 4.79 Å². The van der Waals surface area contributed by atoms with E-state index in [1.807, 2.05) is 0 Å². The summed E-state index contributed by atoms with van der Waals surface area (Å²) in [6, 6.07) is 11.8. The molecule has 2 aromatic carbocycles. The number of nitrogens with one attached hydrogen (secondary N) is 1. The Morgan fingerprint density at radius 2 is 1.72 bits per heavy atom. The van der Waals surface area contributed by atoms with Crippen molar-refractivity contribution in [2.75, 3.05) is 14.2 Å². The van der Waals surface area contributed by atoms with Crippen molar-refractivity contribution in [1.29, 1.82) is 0 Å². The Hall–Kier alpha value is -3.28. The summed E-state index contributed by atoms with van der Waals surface area (Å²) in [4.78, 5) is 23.7. The molecule has 0 saturated heterocycles. The standard InChI is InChI=1S/C19H19NO5/c1-12-16(24-2)10-9-14(17(12)25-3)11-15(19(22)23)20-18(21)13-7-5-4-6-8-13/h4-11H,1-3H3,(H,20,21)(H,22,23). The van der Waals surface area contributed by atoms with Crippen LogP contribution in [-0.2, 0) is 4.79 Å². The Balaban J connectivity index is 2.39. The number of benzene rings is 2. The smallest absolute Gasteiger partial charge is 0.352 e. The van der Waals surface area contributed by atoms with Gasteiger partial charge in [0.25, 0.3) is 5.91 Å². The van der Waals surface area contributed by atoms with E-state index in [1.165, 1.54) is 13.2 Å². The highest BCUT2D eigenvalue weighted by Crippen LogP contribution is 2.32. The Labute approximate surface area is 145 Å². The molecular weight excluding hydrogens is 322 g/mol. The number of aliphatic carboxylic acids is 1. The maximum Gasteiger partial charge on any atom is 0.352 e. The number of amides is 1. The molecule has 0 saturated carbocycles. The topological polar surface area (TPSA) is 84.9 Å². The van der Waals surface area contributed by atoms with Gasteiger partial charge < -0.3 is 19.9 Å². The monoisotopic (exact) mass is 341 g/mol. The van der Waals surface area contributed by atoms with Crippen molar-refractivity contribution in [3.05, 3.63) is 64.9 Å². The molecule has 0 bridgehead atoms. The summed E-state index contributed by atoms with van der Waals surface area (Å²) in [5.41, 5.74) is 1.37. The second kappa shape index (κ2) is 8.01. The normalized spacial score (nSPS) is 10.9. The van der Waals surface area contributed by atoms with Crippen molar-refractivity contribution >= 4 is 18.0 Å². The molecule has 0 radical (unpaired) electrons. The van der Waals surface area contributed by atoms with E-state index in [2.05, 4.69) is 5.32 Å². The summed E-state index contributed by atoms with van der Waals surface area (Å²) in [6.07, 6.45) is 1.36. The molecule has 2 N–H and O–H groups in total. The average Bonchev–Trinajstić information content (AvgIpc) is 2.62. The van der Waals surface area contributed by atoms with Gasteiger partial charge in [0.15, 0.2) is 0 Å².